The number of carbonyl (C=O) groups excluding carboxylic acids is 1. The number of nitrogens with one attached hydrogen (secondary N) is 1. The molecule has 0 spiro atoms. The summed E-state index contributed by atoms with van der Waals surface area (Å²) in [6.45, 7) is 1.99. The summed E-state index contributed by atoms with van der Waals surface area (Å²) >= 11 is 1.50. The zero-order valence-corrected chi connectivity index (χ0v) is 18.5. The van der Waals surface area contributed by atoms with Gasteiger partial charge in [0.1, 0.15) is 17.6 Å². The number of benzene rings is 2. The zero-order chi connectivity index (χ0) is 22.1. The van der Waals surface area contributed by atoms with E-state index in [1.54, 1.807) is 12.1 Å². The van der Waals surface area contributed by atoms with E-state index in [0.717, 1.165) is 35.3 Å². The second-order valence-corrected chi connectivity index (χ2v) is 9.07. The monoisotopic (exact) mass is 446 g/mol. The average Bonchev–Trinajstić information content (AvgIpc) is 3.53. The number of fused-ring (bicyclic) bond motifs is 1. The van der Waals surface area contributed by atoms with Crippen LogP contribution in [0.3, 0.4) is 0 Å². The highest BCUT2D eigenvalue weighted by Crippen LogP contribution is 2.42. The largest absolute Gasteiger partial charge is 0.324 e. The highest BCUT2D eigenvalue weighted by Gasteiger charge is 2.39. The maximum absolute atomic E-state index is 13.3. The molecule has 0 saturated heterocycles. The van der Waals surface area contributed by atoms with Gasteiger partial charge >= 0.3 is 0 Å². The van der Waals surface area contributed by atoms with Gasteiger partial charge in [-0.3, -0.25) is 4.79 Å². The van der Waals surface area contributed by atoms with Gasteiger partial charge in [0.2, 0.25) is 5.91 Å². The lowest BCUT2D eigenvalue weighted by Crippen LogP contribution is -2.29. The van der Waals surface area contributed by atoms with Crippen LogP contribution < -0.4 is 5.32 Å². The Balaban J connectivity index is 1.40. The van der Waals surface area contributed by atoms with Crippen molar-refractivity contribution in [2.75, 3.05) is 5.32 Å². The second-order valence-electron chi connectivity index (χ2n) is 8.13. The molecule has 1 aliphatic carbocycles. The van der Waals surface area contributed by atoms with Gasteiger partial charge in [-0.2, -0.15) is 0 Å². The van der Waals surface area contributed by atoms with Crippen molar-refractivity contribution in [3.8, 4) is 11.5 Å². The summed E-state index contributed by atoms with van der Waals surface area (Å²) in [7, 11) is 0. The predicted octanol–water partition coefficient (Wildman–Crippen LogP) is 5.71. The molecule has 3 aliphatic rings. The van der Waals surface area contributed by atoms with E-state index in [0.29, 0.717) is 22.7 Å². The minimum absolute atomic E-state index is 0.0252. The van der Waals surface area contributed by atoms with Crippen LogP contribution in [-0.2, 0) is 10.5 Å². The number of pyridine rings is 1. The number of anilines is 1. The lowest BCUT2D eigenvalue weighted by molar-refractivity contribution is -0.119. The van der Waals surface area contributed by atoms with Crippen LogP contribution in [0.15, 0.2) is 72.0 Å². The molecule has 1 amide bonds. The Kier molecular flexibility index (Phi) is 5.66. The van der Waals surface area contributed by atoms with Crippen molar-refractivity contribution < 1.29 is 9.18 Å². The summed E-state index contributed by atoms with van der Waals surface area (Å²) in [4.78, 5) is 22.7. The molecule has 2 aromatic rings. The molecule has 5 nitrogen and oxygen atoms in total. The van der Waals surface area contributed by atoms with Crippen molar-refractivity contribution in [1.29, 1.82) is 0 Å². The first kappa shape index (κ1) is 20.7. The van der Waals surface area contributed by atoms with Crippen molar-refractivity contribution in [3.63, 3.8) is 0 Å². The van der Waals surface area contributed by atoms with Crippen LogP contribution in [0, 0.1) is 18.7 Å². The van der Waals surface area contributed by atoms with Gasteiger partial charge in [0, 0.05) is 17.6 Å². The molecule has 162 valence electrons. The van der Waals surface area contributed by atoms with E-state index in [-0.39, 0.29) is 17.8 Å². The number of nitrogens with zero attached hydrogens (tertiary/aromatic N) is 3. The van der Waals surface area contributed by atoms with E-state index in [2.05, 4.69) is 10.3 Å². The quantitative estimate of drug-likeness (QED) is 0.369. The highest BCUT2D eigenvalue weighted by atomic mass is 32.2. The Morgan fingerprint density at radius 1 is 1.12 bits per heavy atom. The van der Waals surface area contributed by atoms with Crippen LogP contribution in [0.5, 0.6) is 0 Å². The number of aromatic nitrogens is 3. The molecule has 1 N–H and O–H groups in total. The van der Waals surface area contributed by atoms with Crippen molar-refractivity contribution in [1.82, 2.24) is 14.5 Å². The van der Waals surface area contributed by atoms with Crippen LogP contribution in [0.4, 0.5) is 10.1 Å². The summed E-state index contributed by atoms with van der Waals surface area (Å²) in [5.41, 5.74) is 3.64. The number of imidazole rings is 1. The van der Waals surface area contributed by atoms with Gasteiger partial charge in [-0.05, 0) is 67.1 Å². The first-order valence-electron chi connectivity index (χ1n) is 10.7. The van der Waals surface area contributed by atoms with Crippen LogP contribution in [0.2, 0.25) is 0 Å². The Bertz CT molecular complexity index is 1220. The molecular weight excluding hydrogens is 423 g/mol. The van der Waals surface area contributed by atoms with Gasteiger partial charge in [0.05, 0.1) is 0 Å². The molecule has 1 unspecified atom stereocenters. The summed E-state index contributed by atoms with van der Waals surface area (Å²) in [5.74, 6) is 1.39. The fourth-order valence-corrected chi connectivity index (χ4v) is 4.64. The molecule has 1 fully saturated rings. The number of thioether (sulfide) groups is 1. The van der Waals surface area contributed by atoms with E-state index < -0.39 is 0 Å². The van der Waals surface area contributed by atoms with E-state index >= 15 is 0 Å². The zero-order valence-electron chi connectivity index (χ0n) is 17.7. The number of hydrogen-bond acceptors (Lipinski definition) is 4. The molecule has 5 rings (SSSR count). The lowest BCUT2D eigenvalue weighted by Gasteiger charge is -2.22. The number of amides is 1. The second kappa shape index (κ2) is 8.74. The maximum atomic E-state index is 13.3. The normalized spacial score (nSPS) is 14.4. The van der Waals surface area contributed by atoms with E-state index in [1.165, 1.54) is 23.9 Å². The van der Waals surface area contributed by atoms with E-state index in [4.69, 9.17) is 4.98 Å². The predicted molar refractivity (Wildman–Crippen MR) is 124 cm³/mol. The van der Waals surface area contributed by atoms with Gasteiger partial charge in [-0.15, -0.1) is 0 Å². The molecular formula is C25H23FN4OS. The fraction of sp³-hybridized carbons (Fsp3) is 0.240. The smallest absolute Gasteiger partial charge is 0.247 e. The summed E-state index contributed by atoms with van der Waals surface area (Å²) in [6.07, 6.45) is 3.97. The molecule has 7 heteroatoms. The lowest BCUT2D eigenvalue weighted by atomic mass is 10.1. The Hall–Kier alpha value is -3.19. The molecule has 32 heavy (non-hydrogen) atoms. The van der Waals surface area contributed by atoms with Gasteiger partial charge in [-0.1, -0.05) is 42.1 Å². The maximum Gasteiger partial charge on any atom is 0.247 e. The van der Waals surface area contributed by atoms with Gasteiger partial charge in [0.25, 0.3) is 0 Å². The highest BCUT2D eigenvalue weighted by molar-refractivity contribution is 7.98. The molecule has 0 bridgehead atoms. The van der Waals surface area contributed by atoms with Gasteiger partial charge in [0.15, 0.2) is 11.0 Å². The Labute approximate surface area is 190 Å². The first-order chi connectivity index (χ1) is 15.6. The van der Waals surface area contributed by atoms with E-state index in [1.807, 2.05) is 54.1 Å². The molecule has 1 saturated carbocycles. The number of halogens is 1. The third kappa shape index (κ3) is 4.39. The average molecular weight is 447 g/mol. The number of carbonyl (C=O) groups is 1. The molecule has 2 aliphatic heterocycles. The van der Waals surface area contributed by atoms with Gasteiger partial charge in [-0.25, -0.2) is 14.4 Å². The van der Waals surface area contributed by atoms with Crippen LogP contribution >= 0.6 is 11.8 Å². The van der Waals surface area contributed by atoms with Crippen molar-refractivity contribution in [2.45, 2.75) is 36.7 Å². The SMILES string of the molecule is Cc1ccccc1NC(=O)C(C1CC1)n1cccc2nc(SCc3ccc(F)cc3)nc1-2. The van der Waals surface area contributed by atoms with Crippen LogP contribution in [0.25, 0.3) is 11.5 Å². The van der Waals surface area contributed by atoms with Crippen molar-refractivity contribution in [2.24, 2.45) is 5.92 Å². The molecule has 0 aromatic heterocycles. The Morgan fingerprint density at radius 2 is 1.91 bits per heavy atom. The number of para-hydroxylation sites is 1. The first-order valence-corrected chi connectivity index (χ1v) is 11.7. The summed E-state index contributed by atoms with van der Waals surface area (Å²) < 4.78 is 15.1. The third-order valence-corrected chi connectivity index (χ3v) is 6.63. The molecule has 2 heterocycles. The van der Waals surface area contributed by atoms with Crippen molar-refractivity contribution in [3.05, 3.63) is 83.8 Å². The van der Waals surface area contributed by atoms with Crippen LogP contribution in [0.1, 0.15) is 30.0 Å². The summed E-state index contributed by atoms with van der Waals surface area (Å²) in [5, 5.41) is 3.76. The topological polar surface area (TPSA) is 59.8 Å². The number of aryl methyl sites for hydroxylation is 1. The molecule has 1 atom stereocenters. The number of rotatable bonds is 7. The molecule has 2 aromatic carbocycles. The minimum Gasteiger partial charge on any atom is -0.324 e. The van der Waals surface area contributed by atoms with Gasteiger partial charge < -0.3 is 9.88 Å². The van der Waals surface area contributed by atoms with E-state index in [9.17, 15) is 9.18 Å². The van der Waals surface area contributed by atoms with Crippen LogP contribution in [-0.4, -0.2) is 20.4 Å². The third-order valence-electron chi connectivity index (χ3n) is 5.71. The van der Waals surface area contributed by atoms with Crippen molar-refractivity contribution >= 4 is 23.4 Å². The standard InChI is InChI=1S/C25H23FN4OS/c1-16-5-2-3-6-20(16)27-24(31)22(18-10-11-18)30-14-4-7-21-23(30)29-25(28-21)32-15-17-8-12-19(26)13-9-17/h2-9,12-14,18,22H,10-11,15H2,1H3,(H,27,31). The molecule has 0 radical (unpaired) electrons. The summed E-state index contributed by atoms with van der Waals surface area (Å²) in [6, 6.07) is 17.8. The minimum atomic E-state index is -0.329. The Morgan fingerprint density at radius 3 is 2.66 bits per heavy atom. The fourth-order valence-electron chi connectivity index (χ4n) is 3.84. The number of hydrogen-bond donors (Lipinski definition) is 1.